The fourth-order valence-corrected chi connectivity index (χ4v) is 10.2. The molecule has 0 N–H and O–H groups in total. The standard InChI is InChI=1S/C62H40N2O/c1-3-14-41(15-4-1)42-26-28-45(29-27-42)53-38-39-58(61-55-21-10-12-25-59(55)65-62(53)61)63(49-36-37-51-46(40-49)31-30-43-16-7-8-19-50(43)51)48-34-32-44(33-35-48)52-22-13-24-57-60(52)54-20-9-11-23-56(54)64(57)47-17-5-2-6-18-47/h1-40H. The number of anilines is 3. The van der Waals surface area contributed by atoms with Crippen molar-refractivity contribution in [1.29, 1.82) is 0 Å². The first-order valence-electron chi connectivity index (χ1n) is 22.2. The molecule has 0 fully saturated rings. The summed E-state index contributed by atoms with van der Waals surface area (Å²) >= 11 is 0. The molecule has 0 spiro atoms. The fourth-order valence-electron chi connectivity index (χ4n) is 10.2. The number of hydrogen-bond donors (Lipinski definition) is 0. The van der Waals surface area contributed by atoms with Gasteiger partial charge in [0.2, 0.25) is 0 Å². The molecule has 0 bridgehead atoms. The Morgan fingerprint density at radius 2 is 0.938 bits per heavy atom. The van der Waals surface area contributed by atoms with Crippen LogP contribution in [0.4, 0.5) is 17.1 Å². The molecule has 13 rings (SSSR count). The predicted molar refractivity (Wildman–Crippen MR) is 274 cm³/mol. The van der Waals surface area contributed by atoms with Gasteiger partial charge in [0.1, 0.15) is 11.2 Å². The van der Waals surface area contributed by atoms with Crippen LogP contribution in [0, 0.1) is 0 Å². The maximum atomic E-state index is 6.89. The van der Waals surface area contributed by atoms with Crippen molar-refractivity contribution < 1.29 is 4.42 Å². The SMILES string of the molecule is c1ccc(-c2ccc(-c3ccc(N(c4ccc(-c5cccc6c5c5ccccc5n6-c5ccccc5)cc4)c4ccc5c(ccc6ccccc65)c4)c4c3oc3ccccc34)cc2)cc1. The number of rotatable bonds is 7. The van der Waals surface area contributed by atoms with Gasteiger partial charge in [-0.2, -0.15) is 0 Å². The maximum Gasteiger partial charge on any atom is 0.145 e. The normalized spacial score (nSPS) is 11.7. The molecule has 2 aromatic heterocycles. The highest BCUT2D eigenvalue weighted by molar-refractivity contribution is 6.18. The van der Waals surface area contributed by atoms with Crippen molar-refractivity contribution in [3.63, 3.8) is 0 Å². The monoisotopic (exact) mass is 828 g/mol. The Bertz CT molecular complexity index is 3920. The Labute approximate surface area is 376 Å². The van der Waals surface area contributed by atoms with Crippen LogP contribution >= 0.6 is 0 Å². The van der Waals surface area contributed by atoms with Crippen LogP contribution in [0.5, 0.6) is 0 Å². The maximum absolute atomic E-state index is 6.89. The van der Waals surface area contributed by atoms with E-state index in [9.17, 15) is 0 Å². The summed E-state index contributed by atoms with van der Waals surface area (Å²) in [6.07, 6.45) is 0. The molecule has 0 aliphatic carbocycles. The largest absolute Gasteiger partial charge is 0.455 e. The second kappa shape index (κ2) is 15.0. The van der Waals surface area contributed by atoms with Gasteiger partial charge in [-0.1, -0.05) is 176 Å². The lowest BCUT2D eigenvalue weighted by atomic mass is 9.96. The second-order valence-corrected chi connectivity index (χ2v) is 16.8. The van der Waals surface area contributed by atoms with Gasteiger partial charge in [-0.25, -0.2) is 0 Å². The average Bonchev–Trinajstić information content (AvgIpc) is 3.94. The topological polar surface area (TPSA) is 21.3 Å². The Balaban J connectivity index is 1.00. The smallest absolute Gasteiger partial charge is 0.145 e. The zero-order valence-corrected chi connectivity index (χ0v) is 35.4. The highest BCUT2D eigenvalue weighted by atomic mass is 16.3. The van der Waals surface area contributed by atoms with Crippen molar-refractivity contribution in [2.45, 2.75) is 0 Å². The molecule has 65 heavy (non-hydrogen) atoms. The summed E-state index contributed by atoms with van der Waals surface area (Å²) in [4.78, 5) is 2.41. The number of benzene rings is 11. The van der Waals surface area contributed by atoms with E-state index in [4.69, 9.17) is 4.42 Å². The third-order valence-electron chi connectivity index (χ3n) is 13.2. The van der Waals surface area contributed by atoms with Crippen LogP contribution < -0.4 is 4.90 Å². The zero-order chi connectivity index (χ0) is 42.8. The molecule has 13 aromatic rings. The van der Waals surface area contributed by atoms with Crippen molar-refractivity contribution in [3.05, 3.63) is 243 Å². The molecule has 3 nitrogen and oxygen atoms in total. The third-order valence-corrected chi connectivity index (χ3v) is 13.2. The zero-order valence-electron chi connectivity index (χ0n) is 35.4. The molecule has 304 valence electrons. The van der Waals surface area contributed by atoms with Gasteiger partial charge in [0.15, 0.2) is 0 Å². The molecule has 0 unspecified atom stereocenters. The van der Waals surface area contributed by atoms with Gasteiger partial charge in [0.05, 0.1) is 22.1 Å². The lowest BCUT2D eigenvalue weighted by Crippen LogP contribution is -2.10. The van der Waals surface area contributed by atoms with Crippen molar-refractivity contribution in [2.75, 3.05) is 4.90 Å². The number of furan rings is 1. The lowest BCUT2D eigenvalue weighted by molar-refractivity contribution is 0.670. The van der Waals surface area contributed by atoms with Gasteiger partial charge in [-0.15, -0.1) is 0 Å². The molecule has 0 amide bonds. The minimum atomic E-state index is 0.861. The van der Waals surface area contributed by atoms with Crippen LogP contribution in [0.2, 0.25) is 0 Å². The van der Waals surface area contributed by atoms with E-state index < -0.39 is 0 Å². The summed E-state index contributed by atoms with van der Waals surface area (Å²) in [7, 11) is 0. The van der Waals surface area contributed by atoms with Crippen molar-refractivity contribution in [3.8, 4) is 39.1 Å². The van der Waals surface area contributed by atoms with E-state index in [1.165, 1.54) is 60.0 Å². The van der Waals surface area contributed by atoms with Crippen LogP contribution in [0.25, 0.3) is 104 Å². The summed E-state index contributed by atoms with van der Waals surface area (Å²) in [5, 5.41) is 9.55. The lowest BCUT2D eigenvalue weighted by Gasteiger charge is -2.27. The van der Waals surface area contributed by atoms with Gasteiger partial charge >= 0.3 is 0 Å². The van der Waals surface area contributed by atoms with Gasteiger partial charge in [-0.3, -0.25) is 0 Å². The summed E-state index contributed by atoms with van der Waals surface area (Å²) in [5.41, 5.74) is 15.4. The van der Waals surface area contributed by atoms with Gasteiger partial charge in [0, 0.05) is 38.8 Å². The quantitative estimate of drug-likeness (QED) is 0.149. The van der Waals surface area contributed by atoms with Crippen LogP contribution in [0.3, 0.4) is 0 Å². The third kappa shape index (κ3) is 6.05. The van der Waals surface area contributed by atoms with Crippen molar-refractivity contribution >= 4 is 82.4 Å². The molecule has 0 saturated carbocycles. The predicted octanol–water partition coefficient (Wildman–Crippen LogP) is 17.5. The second-order valence-electron chi connectivity index (χ2n) is 16.8. The molecule has 0 aliphatic rings. The Morgan fingerprint density at radius 3 is 1.77 bits per heavy atom. The molecular formula is C62H40N2O. The molecule has 2 heterocycles. The highest BCUT2D eigenvalue weighted by Crippen LogP contribution is 2.48. The first kappa shape index (κ1) is 36.9. The molecule has 11 aromatic carbocycles. The van der Waals surface area contributed by atoms with E-state index in [0.29, 0.717) is 0 Å². The van der Waals surface area contributed by atoms with Crippen LogP contribution in [-0.4, -0.2) is 4.57 Å². The Kier molecular flexibility index (Phi) is 8.53. The average molecular weight is 829 g/mol. The van der Waals surface area contributed by atoms with Gasteiger partial charge in [-0.05, 0) is 116 Å². The summed E-state index contributed by atoms with van der Waals surface area (Å²) in [6.45, 7) is 0. The van der Waals surface area contributed by atoms with E-state index >= 15 is 0 Å². The van der Waals surface area contributed by atoms with E-state index in [0.717, 1.165) is 61.4 Å². The minimum absolute atomic E-state index is 0.861. The summed E-state index contributed by atoms with van der Waals surface area (Å²) in [6, 6.07) is 87.6. The first-order chi connectivity index (χ1) is 32.2. The van der Waals surface area contributed by atoms with Gasteiger partial charge in [0.25, 0.3) is 0 Å². The van der Waals surface area contributed by atoms with Crippen molar-refractivity contribution in [2.24, 2.45) is 0 Å². The number of nitrogens with zero attached hydrogens (tertiary/aromatic N) is 2. The summed E-state index contributed by atoms with van der Waals surface area (Å²) in [5.74, 6) is 0. The Morgan fingerprint density at radius 1 is 0.338 bits per heavy atom. The molecule has 0 aliphatic heterocycles. The van der Waals surface area contributed by atoms with E-state index in [2.05, 4.69) is 252 Å². The highest BCUT2D eigenvalue weighted by Gasteiger charge is 2.23. The van der Waals surface area contributed by atoms with E-state index in [-0.39, 0.29) is 0 Å². The van der Waals surface area contributed by atoms with Crippen LogP contribution in [-0.2, 0) is 0 Å². The van der Waals surface area contributed by atoms with Crippen LogP contribution in [0.15, 0.2) is 247 Å². The minimum Gasteiger partial charge on any atom is -0.455 e. The number of aromatic nitrogens is 1. The Hall–Kier alpha value is -8.66. The fraction of sp³-hybridized carbons (Fsp3) is 0. The molecule has 0 atom stereocenters. The first-order valence-corrected chi connectivity index (χ1v) is 22.2. The molecule has 0 saturated heterocycles. The number of para-hydroxylation sites is 3. The number of hydrogen-bond acceptors (Lipinski definition) is 2. The van der Waals surface area contributed by atoms with Crippen LogP contribution in [0.1, 0.15) is 0 Å². The van der Waals surface area contributed by atoms with Crippen molar-refractivity contribution in [1.82, 2.24) is 4.57 Å². The molecule has 3 heteroatoms. The van der Waals surface area contributed by atoms with E-state index in [1.807, 2.05) is 0 Å². The molecule has 0 radical (unpaired) electrons. The number of fused-ring (bicyclic) bond motifs is 9. The summed E-state index contributed by atoms with van der Waals surface area (Å²) < 4.78 is 9.28. The van der Waals surface area contributed by atoms with Gasteiger partial charge < -0.3 is 13.9 Å². The van der Waals surface area contributed by atoms with E-state index in [1.54, 1.807) is 0 Å². The molecular weight excluding hydrogens is 789 g/mol.